The second-order valence-corrected chi connectivity index (χ2v) is 14.5. The number of sulfonamides is 1. The Hall–Kier alpha value is -2.97. The Balaban J connectivity index is 1.82. The maximum atomic E-state index is 15.8. The van der Waals surface area contributed by atoms with Gasteiger partial charge in [-0.15, -0.1) is 0 Å². The number of rotatable bonds is 8. The van der Waals surface area contributed by atoms with Crippen molar-refractivity contribution in [3.8, 4) is 0 Å². The highest BCUT2D eigenvalue weighted by molar-refractivity contribution is 7.93. The largest absolute Gasteiger partial charge is 0.516 e. The smallest absolute Gasteiger partial charge is 0.325 e. The molecule has 3 aromatic rings. The van der Waals surface area contributed by atoms with Gasteiger partial charge in [0.1, 0.15) is 11.6 Å². The van der Waals surface area contributed by atoms with Crippen LogP contribution >= 0.6 is 23.2 Å². The van der Waals surface area contributed by atoms with Crippen LogP contribution in [0.15, 0.2) is 60.7 Å². The van der Waals surface area contributed by atoms with E-state index in [2.05, 4.69) is 16.0 Å². The Morgan fingerprint density at radius 2 is 1.60 bits per heavy atom. The van der Waals surface area contributed by atoms with E-state index in [1.54, 1.807) is 7.05 Å². The number of hydrogen-bond donors (Lipinski definition) is 4. The highest BCUT2D eigenvalue weighted by Gasteiger charge is 2.59. The Morgan fingerprint density at radius 3 is 2.16 bits per heavy atom. The van der Waals surface area contributed by atoms with Gasteiger partial charge in [-0.1, -0.05) is 62.2 Å². The molecule has 4 unspecified atom stereocenters. The topological polar surface area (TPSA) is 99.3 Å². The number of carbonyl (C=O) groups excluding carboxylic acids is 1. The molecular weight excluding hydrogens is 662 g/mol. The first kappa shape index (κ1) is 34.9. The molecule has 0 bridgehead atoms. The van der Waals surface area contributed by atoms with Crippen LogP contribution in [0.5, 0.6) is 0 Å². The van der Waals surface area contributed by atoms with Gasteiger partial charge in [0.15, 0.2) is 0 Å². The van der Waals surface area contributed by atoms with Crippen molar-refractivity contribution < 1.29 is 35.2 Å². The molecule has 1 aliphatic heterocycles. The van der Waals surface area contributed by atoms with Crippen LogP contribution in [-0.2, 0) is 20.4 Å². The van der Waals surface area contributed by atoms with E-state index in [1.165, 1.54) is 47.2 Å². The van der Waals surface area contributed by atoms with Crippen molar-refractivity contribution in [1.82, 2.24) is 10.6 Å². The predicted octanol–water partition coefficient (Wildman–Crippen LogP) is 7.15. The Labute approximate surface area is 267 Å². The minimum atomic E-state index is -5.65. The zero-order chi connectivity index (χ0) is 33.5. The molecule has 1 amide bonds. The third-order valence-corrected chi connectivity index (χ3v) is 9.31. The van der Waals surface area contributed by atoms with E-state index in [-0.39, 0.29) is 38.0 Å². The van der Waals surface area contributed by atoms with Crippen molar-refractivity contribution in [2.45, 2.75) is 56.2 Å². The van der Waals surface area contributed by atoms with E-state index in [9.17, 15) is 26.4 Å². The van der Waals surface area contributed by atoms with Gasteiger partial charge in [0.25, 0.3) is 0 Å². The van der Waals surface area contributed by atoms with Gasteiger partial charge >= 0.3 is 15.5 Å². The number of halogens is 7. The first-order chi connectivity index (χ1) is 20.8. The van der Waals surface area contributed by atoms with E-state index < -0.39 is 56.6 Å². The fourth-order valence-corrected chi connectivity index (χ4v) is 6.77. The molecule has 1 saturated heterocycles. The van der Waals surface area contributed by atoms with Gasteiger partial charge < -0.3 is 16.0 Å². The predicted molar refractivity (Wildman–Crippen MR) is 165 cm³/mol. The second-order valence-electron chi connectivity index (χ2n) is 11.9. The molecule has 15 heteroatoms. The fourth-order valence-electron chi connectivity index (χ4n) is 5.87. The quantitative estimate of drug-likeness (QED) is 0.188. The summed E-state index contributed by atoms with van der Waals surface area (Å²) < 4.78 is 94.4. The summed E-state index contributed by atoms with van der Waals surface area (Å²) in [5.41, 5.74) is -7.41. The van der Waals surface area contributed by atoms with Crippen molar-refractivity contribution in [2.24, 2.45) is 5.41 Å². The molecule has 0 saturated carbocycles. The summed E-state index contributed by atoms with van der Waals surface area (Å²) in [7, 11) is -4.07. The molecule has 0 radical (unpaired) electrons. The average Bonchev–Trinajstić information content (AvgIpc) is 3.23. The molecule has 244 valence electrons. The maximum Gasteiger partial charge on any atom is 0.516 e. The number of nitrogens with one attached hydrogen (secondary N) is 4. The van der Waals surface area contributed by atoms with Crippen LogP contribution in [0.4, 0.5) is 33.3 Å². The van der Waals surface area contributed by atoms with Crippen molar-refractivity contribution in [2.75, 3.05) is 17.1 Å². The van der Waals surface area contributed by atoms with Gasteiger partial charge in [0.05, 0.1) is 16.6 Å². The van der Waals surface area contributed by atoms with Crippen LogP contribution in [0, 0.1) is 17.0 Å². The monoisotopic (exact) mass is 692 g/mol. The molecule has 1 aliphatic rings. The summed E-state index contributed by atoms with van der Waals surface area (Å²) in [5, 5.41) is 9.12. The summed E-state index contributed by atoms with van der Waals surface area (Å²) in [6.07, 6.45) is 0.395. The maximum absolute atomic E-state index is 15.8. The lowest BCUT2D eigenvalue weighted by Gasteiger charge is -2.43. The molecule has 0 aromatic heterocycles. The van der Waals surface area contributed by atoms with Crippen molar-refractivity contribution in [3.63, 3.8) is 0 Å². The molecule has 3 aromatic carbocycles. The molecule has 1 heterocycles. The lowest BCUT2D eigenvalue weighted by atomic mass is 9.67. The number of benzene rings is 3. The third-order valence-electron chi connectivity index (χ3n) is 7.67. The Bertz CT molecular complexity index is 1680. The summed E-state index contributed by atoms with van der Waals surface area (Å²) in [4.78, 5) is 14.0. The molecule has 0 aliphatic carbocycles. The van der Waals surface area contributed by atoms with E-state index in [4.69, 9.17) is 23.2 Å². The lowest BCUT2D eigenvalue weighted by Crippen LogP contribution is -2.54. The SMILES string of the molecule is CNC1(c2ccc(Cl)cc2F)C(CC(C)(C)C)NC(C(=O)Nc2ccc(NS(=O)(=O)C(F)(F)F)cc2)C1c1cccc(Cl)c1F. The fraction of sp³-hybridized carbons (Fsp3) is 0.367. The lowest BCUT2D eigenvalue weighted by molar-refractivity contribution is -0.118. The molecule has 7 nitrogen and oxygen atoms in total. The number of hydrogen-bond acceptors (Lipinski definition) is 5. The molecule has 0 spiro atoms. The van der Waals surface area contributed by atoms with E-state index in [0.29, 0.717) is 6.42 Å². The number of alkyl halides is 3. The van der Waals surface area contributed by atoms with E-state index in [1.807, 2.05) is 20.8 Å². The standard InChI is InChI=1S/C30H31Cl2F5N4O3S/c1-28(2,3)15-23-29(38-4,20-13-8-16(31)14-22(20)33)24(19-6-5-7-21(32)25(19)34)26(40-23)27(42)39-17-9-11-18(12-10-17)41-45(43,44)30(35,36)37/h5-14,23-24,26,38,40-41H,15H2,1-4H3,(H,39,42). The highest BCUT2D eigenvalue weighted by Crippen LogP contribution is 2.51. The first-order valence-electron chi connectivity index (χ1n) is 13.6. The van der Waals surface area contributed by atoms with Crippen LogP contribution in [0.2, 0.25) is 10.0 Å². The van der Waals surface area contributed by atoms with Gasteiger partial charge in [-0.25, -0.2) is 8.78 Å². The summed E-state index contributed by atoms with van der Waals surface area (Å²) in [5.74, 6) is -3.24. The molecule has 4 atom stereocenters. The molecule has 4 N–H and O–H groups in total. The molecule has 45 heavy (non-hydrogen) atoms. The Kier molecular flexibility index (Phi) is 9.83. The van der Waals surface area contributed by atoms with Gasteiger partial charge in [0.2, 0.25) is 5.91 Å². The Morgan fingerprint density at radius 1 is 0.978 bits per heavy atom. The zero-order valence-electron chi connectivity index (χ0n) is 24.5. The van der Waals surface area contributed by atoms with Gasteiger partial charge in [-0.2, -0.15) is 21.6 Å². The van der Waals surface area contributed by atoms with Gasteiger partial charge in [-0.05, 0) is 66.9 Å². The van der Waals surface area contributed by atoms with Crippen LogP contribution in [0.25, 0.3) is 0 Å². The summed E-state index contributed by atoms with van der Waals surface area (Å²) >= 11 is 12.3. The number of carbonyl (C=O) groups is 1. The van der Waals surface area contributed by atoms with Crippen LogP contribution < -0.4 is 20.7 Å². The minimum Gasteiger partial charge on any atom is -0.325 e. The van der Waals surface area contributed by atoms with Gasteiger partial charge in [-0.3, -0.25) is 9.52 Å². The van der Waals surface area contributed by atoms with Crippen LogP contribution in [-0.4, -0.2) is 39.0 Å². The van der Waals surface area contributed by atoms with E-state index >= 15 is 8.78 Å². The molecule has 4 rings (SSSR count). The second kappa shape index (κ2) is 12.7. The van der Waals surface area contributed by atoms with Crippen molar-refractivity contribution in [1.29, 1.82) is 0 Å². The number of likely N-dealkylation sites (N-methyl/N-ethyl adjacent to an activating group) is 1. The molecular formula is C30H31Cl2F5N4O3S. The summed E-state index contributed by atoms with van der Waals surface area (Å²) in [6, 6.07) is 11.1. The average molecular weight is 694 g/mol. The number of amides is 1. The normalized spacial score (nSPS) is 22.3. The summed E-state index contributed by atoms with van der Waals surface area (Å²) in [6.45, 7) is 5.89. The zero-order valence-corrected chi connectivity index (χ0v) is 26.8. The van der Waals surface area contributed by atoms with Crippen LogP contribution in [0.1, 0.15) is 44.2 Å². The minimum absolute atomic E-state index is 0.0344. The van der Waals surface area contributed by atoms with Gasteiger partial charge in [0, 0.05) is 33.9 Å². The molecule has 1 fully saturated rings. The highest BCUT2D eigenvalue weighted by atomic mass is 35.5. The van der Waals surface area contributed by atoms with E-state index in [0.717, 1.165) is 18.2 Å². The van der Waals surface area contributed by atoms with Crippen LogP contribution in [0.3, 0.4) is 0 Å². The number of anilines is 2. The van der Waals surface area contributed by atoms with Crippen molar-refractivity contribution in [3.05, 3.63) is 93.5 Å². The third kappa shape index (κ3) is 7.07. The van der Waals surface area contributed by atoms with Crippen molar-refractivity contribution >= 4 is 50.5 Å². The first-order valence-corrected chi connectivity index (χ1v) is 15.9.